The number of nitrogens with one attached hydrogen (secondary N) is 1. The molecule has 0 aliphatic carbocycles. The average molecular weight is 494 g/mol. The second-order valence-electron chi connectivity index (χ2n) is 7.49. The fraction of sp³-hybridized carbons (Fsp3) is 0.174. The number of aromatic nitrogens is 1. The summed E-state index contributed by atoms with van der Waals surface area (Å²) in [6.45, 7) is 1.76. The third-order valence-electron chi connectivity index (χ3n) is 5.23. The fourth-order valence-corrected chi connectivity index (χ4v) is 3.99. The lowest BCUT2D eigenvalue weighted by Gasteiger charge is -2.29. The zero-order chi connectivity index (χ0) is 23.8. The maximum Gasteiger partial charge on any atom is 0.435 e. The van der Waals surface area contributed by atoms with Crippen LogP contribution in [0.2, 0.25) is 10.0 Å². The summed E-state index contributed by atoms with van der Waals surface area (Å²) in [5, 5.41) is 6.59. The van der Waals surface area contributed by atoms with Crippen molar-refractivity contribution in [2.24, 2.45) is 5.16 Å². The van der Waals surface area contributed by atoms with Crippen molar-refractivity contribution in [3.8, 4) is 0 Å². The lowest BCUT2D eigenvalue weighted by atomic mass is 9.86. The van der Waals surface area contributed by atoms with Crippen molar-refractivity contribution < 1.29 is 22.8 Å². The molecule has 10 heteroatoms. The number of aryl methyl sites for hydroxylation is 1. The number of hydrogen-bond donors (Lipinski definition) is 1. The van der Waals surface area contributed by atoms with Crippen LogP contribution in [0.25, 0.3) is 0 Å². The van der Waals surface area contributed by atoms with Crippen LogP contribution in [0.3, 0.4) is 0 Å². The Morgan fingerprint density at radius 3 is 2.45 bits per heavy atom. The summed E-state index contributed by atoms with van der Waals surface area (Å²) in [4.78, 5) is 21.5. The zero-order valence-electron chi connectivity index (χ0n) is 17.1. The first kappa shape index (κ1) is 23.1. The first-order valence-electron chi connectivity index (χ1n) is 9.71. The van der Waals surface area contributed by atoms with E-state index in [-0.39, 0.29) is 27.0 Å². The quantitative estimate of drug-likeness (QED) is 0.449. The van der Waals surface area contributed by atoms with Crippen molar-refractivity contribution in [3.63, 3.8) is 0 Å². The highest BCUT2D eigenvalue weighted by atomic mass is 35.5. The fourth-order valence-electron chi connectivity index (χ4n) is 3.47. The Morgan fingerprint density at radius 1 is 1.09 bits per heavy atom. The summed E-state index contributed by atoms with van der Waals surface area (Å²) in [5.41, 5.74) is -1.21. The molecule has 2 heterocycles. The van der Waals surface area contributed by atoms with Gasteiger partial charge in [0.1, 0.15) is 5.69 Å². The molecule has 0 radical (unpaired) electrons. The molecule has 5 nitrogen and oxygen atoms in total. The second kappa shape index (κ2) is 8.68. The van der Waals surface area contributed by atoms with E-state index >= 15 is 0 Å². The van der Waals surface area contributed by atoms with E-state index in [1.807, 2.05) is 0 Å². The Hall–Kier alpha value is -3.10. The van der Waals surface area contributed by atoms with Gasteiger partial charge >= 0.3 is 6.18 Å². The Bertz CT molecular complexity index is 1230. The van der Waals surface area contributed by atoms with Gasteiger partial charge < -0.3 is 10.2 Å². The molecule has 1 amide bonds. The van der Waals surface area contributed by atoms with Gasteiger partial charge in [-0.2, -0.15) is 13.2 Å². The molecule has 2 aromatic carbocycles. The summed E-state index contributed by atoms with van der Waals surface area (Å²) < 4.78 is 42.6. The van der Waals surface area contributed by atoms with Crippen LogP contribution in [0.1, 0.15) is 33.6 Å². The highest BCUT2D eigenvalue weighted by Gasteiger charge is 2.62. The molecule has 0 saturated carbocycles. The molecule has 1 atom stereocenters. The Balaban J connectivity index is 1.65. The summed E-state index contributed by atoms with van der Waals surface area (Å²) in [6.07, 6.45) is -3.90. The molecule has 1 aliphatic heterocycles. The smallest absolute Gasteiger partial charge is 0.374 e. The number of rotatable bonds is 4. The minimum Gasteiger partial charge on any atom is -0.374 e. The summed E-state index contributed by atoms with van der Waals surface area (Å²) >= 11 is 11.9. The topological polar surface area (TPSA) is 63.6 Å². The molecule has 1 aromatic heterocycles. The number of hydrogen-bond acceptors (Lipinski definition) is 4. The minimum absolute atomic E-state index is 0.0491. The van der Waals surface area contributed by atoms with Gasteiger partial charge in [-0.3, -0.25) is 9.78 Å². The van der Waals surface area contributed by atoms with E-state index in [0.29, 0.717) is 16.8 Å². The number of oxime groups is 1. The van der Waals surface area contributed by atoms with E-state index in [0.717, 1.165) is 12.1 Å². The number of alkyl halides is 3. The summed E-state index contributed by atoms with van der Waals surface area (Å²) in [6, 6.07) is 13.4. The normalized spacial score (nSPS) is 17.9. The van der Waals surface area contributed by atoms with Gasteiger partial charge in [-0.15, -0.1) is 0 Å². The Labute approximate surface area is 197 Å². The van der Waals surface area contributed by atoms with E-state index in [1.165, 1.54) is 12.3 Å². The SMILES string of the molecule is Cc1ccc(C2=NOC(c3cc(Cl)cc(Cl)c3)(C(F)(F)F)C2)cc1NC(=O)c1ccccn1. The van der Waals surface area contributed by atoms with Crippen molar-refractivity contribution in [2.75, 3.05) is 5.32 Å². The predicted octanol–water partition coefficient (Wildman–Crippen LogP) is 6.53. The maximum absolute atomic E-state index is 14.2. The molecule has 0 saturated heterocycles. The largest absolute Gasteiger partial charge is 0.435 e. The van der Waals surface area contributed by atoms with Crippen LogP contribution in [-0.4, -0.2) is 22.8 Å². The van der Waals surface area contributed by atoms with Crippen molar-refractivity contribution in [1.82, 2.24) is 4.98 Å². The predicted molar refractivity (Wildman–Crippen MR) is 120 cm³/mol. The number of nitrogens with zero attached hydrogens (tertiary/aromatic N) is 2. The maximum atomic E-state index is 14.2. The lowest BCUT2D eigenvalue weighted by Crippen LogP contribution is -2.42. The third-order valence-corrected chi connectivity index (χ3v) is 5.67. The van der Waals surface area contributed by atoms with Gasteiger partial charge in [-0.05, 0) is 48.9 Å². The van der Waals surface area contributed by atoms with Crippen molar-refractivity contribution >= 4 is 40.5 Å². The minimum atomic E-state index is -4.80. The molecule has 0 bridgehead atoms. The van der Waals surface area contributed by atoms with E-state index < -0.39 is 24.1 Å². The zero-order valence-corrected chi connectivity index (χ0v) is 18.6. The van der Waals surface area contributed by atoms with Gasteiger partial charge in [0.15, 0.2) is 0 Å². The Morgan fingerprint density at radius 2 is 1.82 bits per heavy atom. The van der Waals surface area contributed by atoms with E-state index in [2.05, 4.69) is 15.5 Å². The van der Waals surface area contributed by atoms with Gasteiger partial charge in [-0.1, -0.05) is 46.6 Å². The number of carbonyl (C=O) groups excluding carboxylic acids is 1. The van der Waals surface area contributed by atoms with Gasteiger partial charge in [0, 0.05) is 39.5 Å². The van der Waals surface area contributed by atoms with Crippen LogP contribution in [0.4, 0.5) is 18.9 Å². The lowest BCUT2D eigenvalue weighted by molar-refractivity contribution is -0.275. The van der Waals surface area contributed by atoms with Crippen molar-refractivity contribution in [2.45, 2.75) is 25.1 Å². The molecule has 1 aliphatic rings. The van der Waals surface area contributed by atoms with E-state index in [9.17, 15) is 18.0 Å². The number of halogens is 5. The third kappa shape index (κ3) is 4.54. The molecular weight excluding hydrogens is 478 g/mol. The van der Waals surface area contributed by atoms with E-state index in [4.69, 9.17) is 28.0 Å². The highest BCUT2D eigenvalue weighted by molar-refractivity contribution is 6.34. The van der Waals surface area contributed by atoms with Gasteiger partial charge in [-0.25, -0.2) is 0 Å². The van der Waals surface area contributed by atoms with Crippen LogP contribution in [0, 0.1) is 6.92 Å². The molecule has 3 aromatic rings. The summed E-state index contributed by atoms with van der Waals surface area (Å²) in [5.74, 6) is -0.446. The molecule has 33 heavy (non-hydrogen) atoms. The number of amides is 1. The number of pyridine rings is 1. The monoisotopic (exact) mass is 493 g/mol. The molecular formula is C23H16Cl2F3N3O2. The average Bonchev–Trinajstić information content (AvgIpc) is 3.22. The van der Waals surface area contributed by atoms with Gasteiger partial charge in [0.05, 0.1) is 5.71 Å². The van der Waals surface area contributed by atoms with Crippen LogP contribution < -0.4 is 5.32 Å². The number of carbonyl (C=O) groups is 1. The van der Waals surface area contributed by atoms with Gasteiger partial charge in [0.25, 0.3) is 11.5 Å². The van der Waals surface area contributed by atoms with Crippen LogP contribution in [0.5, 0.6) is 0 Å². The molecule has 1 N–H and O–H groups in total. The van der Waals surface area contributed by atoms with E-state index in [1.54, 1.807) is 43.3 Å². The van der Waals surface area contributed by atoms with Crippen LogP contribution in [-0.2, 0) is 10.4 Å². The number of benzene rings is 2. The molecule has 0 spiro atoms. The Kier molecular flexibility index (Phi) is 6.07. The molecule has 1 unspecified atom stereocenters. The first-order valence-corrected chi connectivity index (χ1v) is 10.5. The van der Waals surface area contributed by atoms with Crippen molar-refractivity contribution in [3.05, 3.63) is 93.2 Å². The molecule has 0 fully saturated rings. The second-order valence-corrected chi connectivity index (χ2v) is 8.36. The highest BCUT2D eigenvalue weighted by Crippen LogP contribution is 2.49. The van der Waals surface area contributed by atoms with Crippen LogP contribution >= 0.6 is 23.2 Å². The number of anilines is 1. The summed E-state index contributed by atoms with van der Waals surface area (Å²) in [7, 11) is 0. The van der Waals surface area contributed by atoms with Gasteiger partial charge in [0.2, 0.25) is 0 Å². The molecule has 4 rings (SSSR count). The van der Waals surface area contributed by atoms with Crippen molar-refractivity contribution in [1.29, 1.82) is 0 Å². The van der Waals surface area contributed by atoms with Crippen LogP contribution in [0.15, 0.2) is 65.9 Å². The molecule has 170 valence electrons. The first-order chi connectivity index (χ1) is 15.6. The standard InChI is InChI=1S/C23H16Cl2F3N3O2/c1-13-5-6-14(8-19(13)30-21(32)18-4-2-3-7-29-18)20-12-22(33-31-20,23(26,27)28)15-9-16(24)11-17(25)10-15/h2-11H,12H2,1H3,(H,30,32).